The minimum absolute atomic E-state index is 0.598. The molecule has 0 aliphatic carbocycles. The lowest BCUT2D eigenvalue weighted by Gasteiger charge is -2.29. The van der Waals surface area contributed by atoms with E-state index in [1.165, 1.54) is 19.4 Å². The second-order valence-electron chi connectivity index (χ2n) is 9.88. The number of likely N-dealkylation sites (N-methyl/N-ethyl adjacent to an activating group) is 1. The number of benzene rings is 1. The van der Waals surface area contributed by atoms with Gasteiger partial charge in [-0.15, -0.1) is 0 Å². The van der Waals surface area contributed by atoms with E-state index < -0.39 is 36.4 Å². The number of nitrogens with zero attached hydrogens (tertiary/aromatic N) is 5. The van der Waals surface area contributed by atoms with Crippen molar-refractivity contribution >= 4 is 17.9 Å². The normalized spacial score (nSPS) is 15.3. The summed E-state index contributed by atoms with van der Waals surface area (Å²) in [5, 5.41) is 45.5. The average molecular weight is 569 g/mol. The molecular weight excluding hydrogens is 532 g/mol. The summed E-state index contributed by atoms with van der Waals surface area (Å²) in [7, 11) is 0. The average Bonchev–Trinajstić information content (AvgIpc) is 3.58. The fraction of sp³-hybridized carbons (Fsp3) is 0.429. The van der Waals surface area contributed by atoms with E-state index in [1.54, 1.807) is 0 Å². The summed E-state index contributed by atoms with van der Waals surface area (Å²) >= 11 is 0. The Balaban J connectivity index is 0.000000302. The van der Waals surface area contributed by atoms with Crippen LogP contribution in [0.3, 0.4) is 0 Å². The van der Waals surface area contributed by atoms with Crippen LogP contribution in [0.4, 0.5) is 0 Å². The Morgan fingerprint density at radius 3 is 2.27 bits per heavy atom. The number of carbonyl (C=O) groups is 3. The topological polar surface area (TPSA) is 193 Å². The largest absolute Gasteiger partial charge is 0.481 e. The number of aliphatic carboxylic acids is 3. The smallest absolute Gasteiger partial charge is 0.336 e. The molecule has 2 aromatic heterocycles. The van der Waals surface area contributed by atoms with Crippen molar-refractivity contribution in [3.63, 3.8) is 0 Å². The molecule has 1 atom stereocenters. The maximum atomic E-state index is 10.3. The van der Waals surface area contributed by atoms with Crippen molar-refractivity contribution in [1.29, 1.82) is 0 Å². The van der Waals surface area contributed by atoms with E-state index in [4.69, 9.17) is 20.4 Å². The van der Waals surface area contributed by atoms with Gasteiger partial charge in [-0.3, -0.25) is 24.4 Å². The molecule has 13 nitrogen and oxygen atoms in total. The molecule has 0 radical (unpaired) electrons. The highest BCUT2D eigenvalue weighted by Gasteiger charge is 2.40. The van der Waals surface area contributed by atoms with Crippen LogP contribution < -0.4 is 0 Å². The second-order valence-corrected chi connectivity index (χ2v) is 9.88. The standard InChI is InChI=1S/C22H28N6.C6H8O7/c1-2-28-14-8-12-20(28)16-27(15-19-11-6-7-13-23-19)17-21-22(25-26-24-21)18-9-4-3-5-10-18;7-3(8)1-6(13,5(11)12)2-4(9)10/h3-7,9-11,13,20H,2,8,12,14-17H2,1H3,(H,24,25,26);13H,1-2H2,(H,7,8)(H,9,10)(H,11,12). The predicted octanol–water partition coefficient (Wildman–Crippen LogP) is 2.10. The molecule has 1 fully saturated rings. The molecule has 1 unspecified atom stereocenters. The number of carboxylic acid groups (broad SMARTS) is 3. The molecule has 1 aromatic carbocycles. The summed E-state index contributed by atoms with van der Waals surface area (Å²) in [6.45, 7) is 7.17. The minimum Gasteiger partial charge on any atom is -0.481 e. The number of rotatable bonds is 13. The quantitative estimate of drug-likeness (QED) is 0.202. The number of hydrogen-bond donors (Lipinski definition) is 5. The van der Waals surface area contributed by atoms with Crippen LogP contribution in [0.2, 0.25) is 0 Å². The van der Waals surface area contributed by atoms with Gasteiger partial charge < -0.3 is 20.4 Å². The van der Waals surface area contributed by atoms with Crippen LogP contribution in [0.1, 0.15) is 44.0 Å². The molecule has 0 saturated carbocycles. The summed E-state index contributed by atoms with van der Waals surface area (Å²) in [5.74, 6) is -5.02. The van der Waals surface area contributed by atoms with Gasteiger partial charge in [0.2, 0.25) is 0 Å². The monoisotopic (exact) mass is 568 g/mol. The molecule has 3 heterocycles. The molecule has 13 heteroatoms. The predicted molar refractivity (Wildman–Crippen MR) is 148 cm³/mol. The van der Waals surface area contributed by atoms with E-state index in [0.717, 1.165) is 48.8 Å². The van der Waals surface area contributed by atoms with Crippen LogP contribution in [0.5, 0.6) is 0 Å². The summed E-state index contributed by atoms with van der Waals surface area (Å²) in [5.41, 5.74) is 1.37. The molecule has 1 aliphatic heterocycles. The zero-order valence-corrected chi connectivity index (χ0v) is 22.9. The van der Waals surface area contributed by atoms with Crippen molar-refractivity contribution in [2.75, 3.05) is 19.6 Å². The summed E-state index contributed by atoms with van der Waals surface area (Å²) in [6.07, 6.45) is 2.13. The van der Waals surface area contributed by atoms with E-state index in [2.05, 4.69) is 61.4 Å². The van der Waals surface area contributed by atoms with Gasteiger partial charge in [0.25, 0.3) is 0 Å². The number of H-pyrrole nitrogens is 1. The van der Waals surface area contributed by atoms with Gasteiger partial charge in [0.15, 0.2) is 5.60 Å². The lowest BCUT2D eigenvalue weighted by atomic mass is 9.96. The van der Waals surface area contributed by atoms with Crippen LogP contribution in [-0.4, -0.2) is 99.8 Å². The number of aromatic nitrogens is 4. The van der Waals surface area contributed by atoms with Crippen molar-refractivity contribution in [1.82, 2.24) is 30.2 Å². The van der Waals surface area contributed by atoms with E-state index in [-0.39, 0.29) is 0 Å². The molecule has 1 aliphatic rings. The Kier molecular flexibility index (Phi) is 11.4. The fourth-order valence-electron chi connectivity index (χ4n) is 4.84. The Morgan fingerprint density at radius 1 is 1.00 bits per heavy atom. The van der Waals surface area contributed by atoms with Crippen LogP contribution in [0, 0.1) is 0 Å². The van der Waals surface area contributed by atoms with E-state index >= 15 is 0 Å². The second kappa shape index (κ2) is 15.0. The molecule has 0 amide bonds. The highest BCUT2D eigenvalue weighted by molar-refractivity contribution is 5.88. The number of aliphatic hydroxyl groups is 1. The zero-order chi connectivity index (χ0) is 29.8. The van der Waals surface area contributed by atoms with Gasteiger partial charge in [0.05, 0.1) is 18.5 Å². The third-order valence-corrected chi connectivity index (χ3v) is 6.81. The molecular formula is C28H36N6O7. The number of aromatic amines is 1. The van der Waals surface area contributed by atoms with Crippen LogP contribution in [-0.2, 0) is 27.5 Å². The number of hydrogen-bond acceptors (Lipinski definition) is 9. The van der Waals surface area contributed by atoms with Gasteiger partial charge in [-0.25, -0.2) is 4.79 Å². The first-order valence-electron chi connectivity index (χ1n) is 13.3. The zero-order valence-electron chi connectivity index (χ0n) is 22.9. The highest BCUT2D eigenvalue weighted by Crippen LogP contribution is 2.23. The maximum Gasteiger partial charge on any atom is 0.336 e. The van der Waals surface area contributed by atoms with Crippen LogP contribution >= 0.6 is 0 Å². The van der Waals surface area contributed by atoms with Crippen molar-refractivity contribution in [2.24, 2.45) is 0 Å². The van der Waals surface area contributed by atoms with Crippen molar-refractivity contribution < 1.29 is 34.8 Å². The molecule has 0 spiro atoms. The van der Waals surface area contributed by atoms with Crippen LogP contribution in [0.25, 0.3) is 11.3 Å². The van der Waals surface area contributed by atoms with Crippen molar-refractivity contribution in [3.05, 3.63) is 66.1 Å². The van der Waals surface area contributed by atoms with Gasteiger partial charge in [0.1, 0.15) is 11.4 Å². The highest BCUT2D eigenvalue weighted by atomic mass is 16.4. The van der Waals surface area contributed by atoms with E-state index in [0.29, 0.717) is 6.04 Å². The lowest BCUT2D eigenvalue weighted by Crippen LogP contribution is -2.42. The Morgan fingerprint density at radius 2 is 1.68 bits per heavy atom. The molecule has 0 bridgehead atoms. The summed E-state index contributed by atoms with van der Waals surface area (Å²) in [4.78, 5) is 40.1. The van der Waals surface area contributed by atoms with Crippen molar-refractivity contribution in [3.8, 4) is 11.3 Å². The first-order chi connectivity index (χ1) is 19.6. The van der Waals surface area contributed by atoms with Gasteiger partial charge in [0, 0.05) is 37.4 Å². The number of pyridine rings is 1. The summed E-state index contributed by atoms with van der Waals surface area (Å²) in [6, 6.07) is 17.0. The fourth-order valence-corrected chi connectivity index (χ4v) is 4.84. The van der Waals surface area contributed by atoms with Gasteiger partial charge in [-0.2, -0.15) is 15.4 Å². The molecule has 5 N–H and O–H groups in total. The van der Waals surface area contributed by atoms with Gasteiger partial charge >= 0.3 is 17.9 Å². The first kappa shape index (κ1) is 31.3. The molecule has 3 aromatic rings. The van der Waals surface area contributed by atoms with Crippen LogP contribution in [0.15, 0.2) is 54.7 Å². The Hall–Kier alpha value is -4.20. The van der Waals surface area contributed by atoms with Gasteiger partial charge in [-0.1, -0.05) is 43.3 Å². The minimum atomic E-state index is -2.74. The molecule has 1 saturated heterocycles. The third-order valence-electron chi connectivity index (χ3n) is 6.81. The molecule has 4 rings (SSSR count). The van der Waals surface area contributed by atoms with Gasteiger partial charge in [-0.05, 0) is 38.1 Å². The summed E-state index contributed by atoms with van der Waals surface area (Å²) < 4.78 is 0. The SMILES string of the molecule is CCN1CCCC1CN(Cc1ccccn1)Cc1n[nH]nc1-c1ccccc1.O=C(O)CC(O)(CC(=O)O)C(=O)O. The Bertz CT molecular complexity index is 1260. The first-order valence-corrected chi connectivity index (χ1v) is 13.3. The third kappa shape index (κ3) is 9.45. The van der Waals surface area contributed by atoms with E-state index in [1.807, 2.05) is 30.5 Å². The number of nitrogens with one attached hydrogen (secondary N) is 1. The number of likely N-dealkylation sites (tertiary alicyclic amines) is 1. The molecule has 41 heavy (non-hydrogen) atoms. The lowest BCUT2D eigenvalue weighted by molar-refractivity contribution is -0.170. The van der Waals surface area contributed by atoms with Crippen molar-refractivity contribution in [2.45, 2.75) is 57.3 Å². The number of carboxylic acids is 3. The molecule has 220 valence electrons. The maximum absolute atomic E-state index is 10.3. The van der Waals surface area contributed by atoms with E-state index in [9.17, 15) is 14.4 Å². The Labute approximate surface area is 237 Å².